The van der Waals surface area contributed by atoms with Crippen LogP contribution in [0.3, 0.4) is 0 Å². The molecule has 0 aromatic heterocycles. The van der Waals surface area contributed by atoms with Gasteiger partial charge in [-0.05, 0) is 0 Å². The van der Waals surface area contributed by atoms with E-state index < -0.39 is 30.7 Å². The number of ether oxygens (including phenoxy) is 2. The van der Waals surface area contributed by atoms with Crippen molar-refractivity contribution in [3.63, 3.8) is 0 Å². The van der Waals surface area contributed by atoms with Gasteiger partial charge >= 0.3 is 12.4 Å². The number of hydrogen-bond donors (Lipinski definition) is 0. The monoisotopic (exact) mass is 297 g/mol. The maximum atomic E-state index is 13.6. The third-order valence-electron chi connectivity index (χ3n) is 2.11. The molecular formula is C9H10F7NO2. The molecule has 0 amide bonds. The van der Waals surface area contributed by atoms with Crippen LogP contribution in [0.2, 0.25) is 0 Å². The Bertz CT molecular complexity index is 330. The number of hydrogen-bond acceptors (Lipinski definition) is 3. The minimum absolute atomic E-state index is 0.0160. The van der Waals surface area contributed by atoms with E-state index in [-0.39, 0.29) is 26.3 Å². The standard InChI is InChI=1S/C9H10F7NO2/c10-7(17-1-3-18-4-2-17)6(9(14,15)16)19-5-8(11,12)13/h1-5H2/b7-6+. The van der Waals surface area contributed by atoms with E-state index in [9.17, 15) is 30.7 Å². The fourth-order valence-electron chi connectivity index (χ4n) is 1.32. The molecule has 1 aliphatic rings. The smallest absolute Gasteiger partial charge is 0.453 e. The second kappa shape index (κ2) is 5.85. The molecule has 0 aromatic carbocycles. The first kappa shape index (κ1) is 15.9. The van der Waals surface area contributed by atoms with Crippen LogP contribution in [0, 0.1) is 0 Å². The summed E-state index contributed by atoms with van der Waals surface area (Å²) in [5.41, 5.74) is 0. The molecule has 0 bridgehead atoms. The third kappa shape index (κ3) is 5.13. The van der Waals surface area contributed by atoms with Crippen LogP contribution in [-0.4, -0.2) is 50.2 Å². The lowest BCUT2D eigenvalue weighted by Gasteiger charge is -2.28. The number of halogens is 7. The first-order chi connectivity index (χ1) is 8.61. The molecule has 1 saturated heterocycles. The maximum absolute atomic E-state index is 13.6. The van der Waals surface area contributed by atoms with Crippen molar-refractivity contribution >= 4 is 0 Å². The molecule has 0 aromatic rings. The summed E-state index contributed by atoms with van der Waals surface area (Å²) in [5.74, 6) is -4.13. The summed E-state index contributed by atoms with van der Waals surface area (Å²) in [6.07, 6.45) is -10.3. The minimum atomic E-state index is -5.34. The molecule has 19 heavy (non-hydrogen) atoms. The molecule has 0 N–H and O–H groups in total. The molecule has 0 unspecified atom stereocenters. The fraction of sp³-hybridized carbons (Fsp3) is 0.778. The first-order valence-corrected chi connectivity index (χ1v) is 5.10. The highest BCUT2D eigenvalue weighted by Crippen LogP contribution is 2.32. The normalized spacial score (nSPS) is 19.2. The van der Waals surface area contributed by atoms with Gasteiger partial charge in [0.2, 0.25) is 5.95 Å². The van der Waals surface area contributed by atoms with Crippen LogP contribution in [-0.2, 0) is 9.47 Å². The number of alkyl halides is 6. The van der Waals surface area contributed by atoms with Crippen molar-refractivity contribution in [1.82, 2.24) is 4.90 Å². The first-order valence-electron chi connectivity index (χ1n) is 5.10. The minimum Gasteiger partial charge on any atom is -0.476 e. The van der Waals surface area contributed by atoms with Gasteiger partial charge in [-0.2, -0.15) is 30.7 Å². The molecule has 112 valence electrons. The number of nitrogens with zero attached hydrogens (tertiary/aromatic N) is 1. The molecular weight excluding hydrogens is 287 g/mol. The van der Waals surface area contributed by atoms with Gasteiger partial charge in [-0.15, -0.1) is 0 Å². The zero-order valence-corrected chi connectivity index (χ0v) is 9.44. The lowest BCUT2D eigenvalue weighted by atomic mass is 10.4. The molecule has 0 radical (unpaired) electrons. The molecule has 0 saturated carbocycles. The summed E-state index contributed by atoms with van der Waals surface area (Å²) >= 11 is 0. The Kier molecular flexibility index (Phi) is 4.88. The zero-order valence-electron chi connectivity index (χ0n) is 9.44. The van der Waals surface area contributed by atoms with Crippen molar-refractivity contribution in [2.24, 2.45) is 0 Å². The maximum Gasteiger partial charge on any atom is 0.453 e. The number of morpholine rings is 1. The molecule has 0 atom stereocenters. The molecule has 3 nitrogen and oxygen atoms in total. The van der Waals surface area contributed by atoms with Crippen LogP contribution < -0.4 is 0 Å². The van der Waals surface area contributed by atoms with E-state index in [2.05, 4.69) is 4.74 Å². The Labute approximate surface area is 103 Å². The summed E-state index contributed by atoms with van der Waals surface area (Å²) < 4.78 is 94.8. The van der Waals surface area contributed by atoms with Gasteiger partial charge in [0, 0.05) is 13.1 Å². The second-order valence-electron chi connectivity index (χ2n) is 3.62. The summed E-state index contributed by atoms with van der Waals surface area (Å²) in [5, 5.41) is 0. The molecule has 1 fully saturated rings. The lowest BCUT2D eigenvalue weighted by molar-refractivity contribution is -0.193. The van der Waals surface area contributed by atoms with E-state index in [1.54, 1.807) is 0 Å². The molecule has 1 aliphatic heterocycles. The van der Waals surface area contributed by atoms with Crippen LogP contribution in [0.25, 0.3) is 0 Å². The number of rotatable bonds is 3. The molecule has 10 heteroatoms. The van der Waals surface area contributed by atoms with Crippen molar-refractivity contribution < 1.29 is 40.2 Å². The molecule has 1 heterocycles. The van der Waals surface area contributed by atoms with Crippen molar-refractivity contribution in [3.05, 3.63) is 11.7 Å². The predicted molar refractivity (Wildman–Crippen MR) is 48.6 cm³/mol. The third-order valence-corrected chi connectivity index (χ3v) is 2.11. The highest BCUT2D eigenvalue weighted by Gasteiger charge is 2.43. The molecule has 1 rings (SSSR count). The fourth-order valence-corrected chi connectivity index (χ4v) is 1.32. The van der Waals surface area contributed by atoms with Crippen molar-refractivity contribution in [1.29, 1.82) is 0 Å². The quantitative estimate of drug-likeness (QED) is 0.454. The SMILES string of the molecule is F/C(=C(\OCC(F)(F)F)C(F)(F)F)N1CCOCC1. The van der Waals surface area contributed by atoms with E-state index in [1.807, 2.05) is 0 Å². The summed E-state index contributed by atoms with van der Waals surface area (Å²) in [4.78, 5) is 0.628. The molecule has 0 spiro atoms. The van der Waals surface area contributed by atoms with Crippen molar-refractivity contribution in [3.8, 4) is 0 Å². The Morgan fingerprint density at radius 2 is 1.58 bits per heavy atom. The Morgan fingerprint density at radius 1 is 1.05 bits per heavy atom. The van der Waals surface area contributed by atoms with Crippen LogP contribution in [0.5, 0.6) is 0 Å². The summed E-state index contributed by atoms with van der Waals surface area (Å²) in [6, 6.07) is 0. The van der Waals surface area contributed by atoms with E-state index in [4.69, 9.17) is 4.74 Å². The zero-order chi connectivity index (χ0) is 14.7. The van der Waals surface area contributed by atoms with E-state index in [0.29, 0.717) is 4.90 Å². The van der Waals surface area contributed by atoms with Gasteiger partial charge in [-0.3, -0.25) is 0 Å². The highest BCUT2D eigenvalue weighted by atomic mass is 19.4. The summed E-state index contributed by atoms with van der Waals surface area (Å²) in [6.45, 7) is -2.63. The van der Waals surface area contributed by atoms with Gasteiger partial charge < -0.3 is 14.4 Å². The number of allylic oxidation sites excluding steroid dienone is 1. The predicted octanol–water partition coefficient (Wildman–Crippen LogP) is 2.60. The van der Waals surface area contributed by atoms with Gasteiger partial charge in [0.05, 0.1) is 13.2 Å². The van der Waals surface area contributed by atoms with Gasteiger partial charge in [0.1, 0.15) is 0 Å². The Balaban J connectivity index is 2.87. The Hall–Kier alpha value is -1.19. The van der Waals surface area contributed by atoms with Crippen molar-refractivity contribution in [2.45, 2.75) is 12.4 Å². The lowest BCUT2D eigenvalue weighted by Crippen LogP contribution is -2.37. The summed E-state index contributed by atoms with van der Waals surface area (Å²) in [7, 11) is 0. The van der Waals surface area contributed by atoms with Gasteiger partial charge in [-0.1, -0.05) is 0 Å². The molecule has 0 aliphatic carbocycles. The van der Waals surface area contributed by atoms with Crippen LogP contribution >= 0.6 is 0 Å². The average molecular weight is 297 g/mol. The van der Waals surface area contributed by atoms with Crippen LogP contribution in [0.4, 0.5) is 30.7 Å². The van der Waals surface area contributed by atoms with Gasteiger partial charge in [0.15, 0.2) is 6.61 Å². The average Bonchev–Trinajstić information content (AvgIpc) is 2.26. The van der Waals surface area contributed by atoms with Crippen LogP contribution in [0.1, 0.15) is 0 Å². The highest BCUT2D eigenvalue weighted by molar-refractivity contribution is 5.07. The van der Waals surface area contributed by atoms with Gasteiger partial charge in [0.25, 0.3) is 5.76 Å². The van der Waals surface area contributed by atoms with E-state index in [1.165, 1.54) is 0 Å². The van der Waals surface area contributed by atoms with Gasteiger partial charge in [-0.25, -0.2) is 0 Å². The van der Waals surface area contributed by atoms with E-state index >= 15 is 0 Å². The topological polar surface area (TPSA) is 21.7 Å². The van der Waals surface area contributed by atoms with E-state index in [0.717, 1.165) is 0 Å². The van der Waals surface area contributed by atoms with Crippen molar-refractivity contribution in [2.75, 3.05) is 32.9 Å². The van der Waals surface area contributed by atoms with Crippen LogP contribution in [0.15, 0.2) is 11.7 Å². The largest absolute Gasteiger partial charge is 0.476 e. The Morgan fingerprint density at radius 3 is 2.00 bits per heavy atom. The second-order valence-corrected chi connectivity index (χ2v) is 3.62.